The number of quaternary nitrogens is 1. The molecule has 0 fully saturated rings. The van der Waals surface area contributed by atoms with Crippen molar-refractivity contribution >= 4 is 67.7 Å². The maximum Gasteiger partial charge on any atom is 0.286 e. The van der Waals surface area contributed by atoms with Crippen LogP contribution in [0.1, 0.15) is 6.92 Å². The molecule has 5 aromatic carbocycles. The lowest BCUT2D eigenvalue weighted by Crippen LogP contribution is -3.00. The van der Waals surface area contributed by atoms with E-state index in [-0.39, 0.29) is 0 Å². The van der Waals surface area contributed by atoms with Gasteiger partial charge in [0.05, 0.1) is 14.1 Å². The third-order valence-corrected chi connectivity index (χ3v) is 13.7. The van der Waals surface area contributed by atoms with E-state index < -0.39 is 156 Å². The van der Waals surface area contributed by atoms with Crippen LogP contribution in [0.25, 0.3) is 0 Å². The maximum absolute atomic E-state index is 16.2. The third-order valence-electron chi connectivity index (χ3n) is 8.92. The zero-order valence-electron chi connectivity index (χ0n) is 28.6. The topological polar surface area (TPSA) is 4.44 Å². The molecule has 0 unspecified atom stereocenters. The normalized spacial score (nSPS) is 12.0. The Morgan fingerprint density at radius 3 is 0.828 bits per heavy atom. The minimum Gasteiger partial charge on any atom is -0.307 e. The van der Waals surface area contributed by atoms with Crippen LogP contribution >= 0.6 is 22.2 Å². The van der Waals surface area contributed by atoms with Gasteiger partial charge >= 0.3 is 0 Å². The van der Waals surface area contributed by atoms with Gasteiger partial charge in [-0.3, -0.25) is 0 Å². The highest BCUT2D eigenvalue weighted by Crippen LogP contribution is 2.31. The van der Waals surface area contributed by atoms with Crippen LogP contribution in [0.5, 0.6) is 0 Å². The molecule has 0 saturated carbocycles. The summed E-state index contributed by atoms with van der Waals surface area (Å²) in [6.45, 7) is -3.98. The van der Waals surface area contributed by atoms with Crippen molar-refractivity contribution in [2.24, 2.45) is 0 Å². The van der Waals surface area contributed by atoms with Crippen LogP contribution < -0.4 is 31.9 Å². The smallest absolute Gasteiger partial charge is 0.286 e. The molecule has 0 amide bonds. The zero-order valence-corrected chi connectivity index (χ0v) is 31.1. The van der Waals surface area contributed by atoms with Crippen LogP contribution in [0.2, 0.25) is 6.04 Å². The largest absolute Gasteiger partial charge is 0.307 e. The van der Waals surface area contributed by atoms with Gasteiger partial charge in [0.15, 0.2) is 64.0 Å². The molecule has 5 rings (SSSR count). The van der Waals surface area contributed by atoms with E-state index in [1.54, 1.807) is 0 Å². The molecule has 1 nitrogen and oxygen atoms in total. The van der Waals surface area contributed by atoms with Gasteiger partial charge in [-0.15, -0.1) is 44.0 Å². The Labute approximate surface area is 323 Å². The molecule has 0 bridgehead atoms. The van der Waals surface area contributed by atoms with Gasteiger partial charge in [-0.25, -0.2) is 83.4 Å². The summed E-state index contributed by atoms with van der Waals surface area (Å²) < 4.78 is 288. The maximum atomic E-state index is 16.2. The van der Waals surface area contributed by atoms with Gasteiger partial charge in [-0.05, 0) is 18.2 Å². The molecule has 0 aliphatic carbocycles. The van der Waals surface area contributed by atoms with Gasteiger partial charge in [0, 0.05) is 5.19 Å². The van der Waals surface area contributed by atoms with Gasteiger partial charge in [0.25, 0.3) is 6.69 Å². The van der Waals surface area contributed by atoms with Gasteiger partial charge in [-0.1, -0.05) is 25.1 Å². The fourth-order valence-corrected chi connectivity index (χ4v) is 8.38. The van der Waals surface area contributed by atoms with Crippen LogP contribution in [0, 0.1) is 111 Å². The van der Waals surface area contributed by atoms with Gasteiger partial charge in [-0.2, -0.15) is 0 Å². The van der Waals surface area contributed by atoms with E-state index >= 15 is 43.9 Å². The SMILES string of the molecule is CC[Si](Cl)(Cl)c1c(F)c(F)c([B-](c2c(F)c(F)c(F)c(F)c2F)(c2c(F)c(F)c(F)c(F)c2F)c2c(F)c(F)c(F)c(F)c2F)c(F)c1F.C[NH+](C)c1ccccc1. The first kappa shape index (κ1) is 46.3. The Morgan fingerprint density at radius 2 is 0.621 bits per heavy atom. The average molecular weight is 910 g/mol. The van der Waals surface area contributed by atoms with Gasteiger partial charge in [0.1, 0.15) is 58.4 Å². The molecule has 0 heterocycles. The van der Waals surface area contributed by atoms with Crippen molar-refractivity contribution in [1.29, 1.82) is 0 Å². The van der Waals surface area contributed by atoms with Gasteiger partial charge in [0.2, 0.25) is 0 Å². The summed E-state index contributed by atoms with van der Waals surface area (Å²) in [6.07, 6.45) is -7.17. The average Bonchev–Trinajstić information content (AvgIpc) is 3.19. The van der Waals surface area contributed by atoms with Crippen molar-refractivity contribution in [2.45, 2.75) is 13.0 Å². The van der Waals surface area contributed by atoms with Crippen molar-refractivity contribution in [3.8, 4) is 0 Å². The van der Waals surface area contributed by atoms with E-state index in [9.17, 15) is 39.5 Å². The van der Waals surface area contributed by atoms with E-state index in [1.165, 1.54) is 10.6 Å². The van der Waals surface area contributed by atoms with Crippen LogP contribution in [0.4, 0.5) is 89.1 Å². The molecule has 0 radical (unpaired) electrons. The molecule has 24 heteroatoms. The summed E-state index contributed by atoms with van der Waals surface area (Å²) >= 11 is 11.5. The monoisotopic (exact) mass is 909 g/mol. The molecule has 0 spiro atoms. The lowest BCUT2D eigenvalue weighted by Gasteiger charge is -2.45. The molecule has 0 aliphatic heterocycles. The summed E-state index contributed by atoms with van der Waals surface area (Å²) in [7, 11) is 4.24. The second kappa shape index (κ2) is 16.7. The standard InChI is InChI=1S/C26H5BCl2F19Si.C8H11N/c1-2-49(28,29)26-24(47)13(36)6(14(37)25(26)48)27(3-7(30)15(38)21(44)16(39)8(3)31,4-9(32)17(40)22(45)18(41)10(4)33)5-11(34)19(42)23(46)20(43)12(5)35;1-9(2)8-6-4-3-5-7-8/h2H2,1H3;3-7H,1-2H3/q-1;/p+1. The number of rotatable bonds is 7. The number of benzene rings is 5. The lowest BCUT2D eigenvalue weighted by molar-refractivity contribution is -0.786. The zero-order chi connectivity index (χ0) is 44.3. The molecule has 0 atom stereocenters. The minimum absolute atomic E-state index is 0.814. The van der Waals surface area contributed by atoms with E-state index in [1.807, 2.05) is 6.07 Å². The second-order valence-corrected chi connectivity index (χ2v) is 19.4. The Hall–Kier alpha value is -4.41. The van der Waals surface area contributed by atoms with Crippen LogP contribution in [0.15, 0.2) is 30.3 Å². The van der Waals surface area contributed by atoms with Crippen LogP contribution in [-0.2, 0) is 0 Å². The highest BCUT2D eigenvalue weighted by atomic mass is 35.7. The Balaban J connectivity index is 0.000000727. The fourth-order valence-electron chi connectivity index (χ4n) is 6.17. The van der Waals surface area contributed by atoms with Crippen LogP contribution in [-0.4, -0.2) is 26.9 Å². The molecule has 0 aliphatic rings. The van der Waals surface area contributed by atoms with Crippen molar-refractivity contribution in [3.63, 3.8) is 0 Å². The molecule has 312 valence electrons. The molecule has 5 aromatic rings. The molecular weight excluding hydrogens is 893 g/mol. The highest BCUT2D eigenvalue weighted by Gasteiger charge is 2.53. The molecule has 0 saturated heterocycles. The quantitative estimate of drug-likeness (QED) is 0.0575. The van der Waals surface area contributed by atoms with E-state index in [0.29, 0.717) is 0 Å². The highest BCUT2D eigenvalue weighted by molar-refractivity contribution is 7.51. The van der Waals surface area contributed by atoms with Crippen molar-refractivity contribution in [1.82, 2.24) is 0 Å². The predicted octanol–water partition coefficient (Wildman–Crippen LogP) is 7.32. The predicted molar refractivity (Wildman–Crippen MR) is 176 cm³/mol. The van der Waals surface area contributed by atoms with Gasteiger partial charge < -0.3 is 4.90 Å². The first-order valence-corrected chi connectivity index (χ1v) is 19.8. The van der Waals surface area contributed by atoms with E-state index in [0.717, 1.165) is 6.92 Å². The molecule has 58 heavy (non-hydrogen) atoms. The fraction of sp³-hybridized carbons (Fsp3) is 0.118. The Bertz CT molecular complexity index is 2180. The van der Waals surface area contributed by atoms with Crippen LogP contribution in [0.3, 0.4) is 0 Å². The summed E-state index contributed by atoms with van der Waals surface area (Å²) in [5, 5.41) is -2.06. The molecular formula is C34H17BCl2F19NSi. The number of hydrogen-bond acceptors (Lipinski definition) is 0. The summed E-state index contributed by atoms with van der Waals surface area (Å²) in [4.78, 5) is 1.37. The summed E-state index contributed by atoms with van der Waals surface area (Å²) in [6, 6.07) is 9.58. The third kappa shape index (κ3) is 7.08. The Morgan fingerprint density at radius 1 is 0.397 bits per heavy atom. The van der Waals surface area contributed by atoms with Crippen molar-refractivity contribution in [2.75, 3.05) is 14.1 Å². The van der Waals surface area contributed by atoms with E-state index in [2.05, 4.69) is 38.4 Å². The van der Waals surface area contributed by atoms with E-state index in [4.69, 9.17) is 22.2 Å². The second-order valence-electron chi connectivity index (χ2n) is 12.3. The first-order valence-electron chi connectivity index (χ1n) is 15.6. The lowest BCUT2D eigenvalue weighted by atomic mass is 9.12. The summed E-state index contributed by atoms with van der Waals surface area (Å²) in [5.74, 6) is -65.9. The van der Waals surface area contributed by atoms with Crippen molar-refractivity contribution < 1.29 is 88.3 Å². The number of hydrogen-bond donors (Lipinski definition) is 1. The van der Waals surface area contributed by atoms with Crippen molar-refractivity contribution in [3.05, 3.63) is 141 Å². The number of para-hydroxylation sites is 1. The Kier molecular flexibility index (Phi) is 13.3. The summed E-state index contributed by atoms with van der Waals surface area (Å²) in [5.41, 5.74) is -12.6. The number of halogens is 21. The number of nitrogens with one attached hydrogen (secondary N) is 1. The first-order chi connectivity index (χ1) is 26.8. The minimum atomic E-state index is -7.17. The molecule has 0 aromatic heterocycles. The molecule has 1 N–H and O–H groups in total.